The molecule has 6 heteroatoms. The highest BCUT2D eigenvalue weighted by Gasteiger charge is 2.02. The molecule has 5 nitrogen and oxygen atoms in total. The van der Waals surface area contributed by atoms with Gasteiger partial charge in [0.25, 0.3) is 0 Å². The van der Waals surface area contributed by atoms with Crippen molar-refractivity contribution < 1.29 is 9.90 Å². The van der Waals surface area contributed by atoms with Gasteiger partial charge in [0, 0.05) is 5.75 Å². The summed E-state index contributed by atoms with van der Waals surface area (Å²) in [6, 6.07) is 25.5. The number of hydrogen-bond donors (Lipinski definition) is 2. The van der Waals surface area contributed by atoms with E-state index in [9.17, 15) is 4.79 Å². The Morgan fingerprint density at radius 3 is 2.14 bits per heavy atom. The predicted octanol–water partition coefficient (Wildman–Crippen LogP) is 4.56. The Bertz CT molecular complexity index is 999. The van der Waals surface area contributed by atoms with Crippen LogP contribution in [0.3, 0.4) is 0 Å². The molecule has 0 atom stereocenters. The highest BCUT2D eigenvalue weighted by atomic mass is 32.2. The number of nitrogens with zero attached hydrogens (tertiary/aromatic N) is 2. The van der Waals surface area contributed by atoms with Crippen LogP contribution in [0.4, 0.5) is 0 Å². The highest BCUT2D eigenvalue weighted by Crippen LogP contribution is 2.20. The maximum absolute atomic E-state index is 10.8. The molecule has 0 amide bonds. The molecule has 3 aromatic rings. The molecular formula is C23H21N3O2S. The van der Waals surface area contributed by atoms with Gasteiger partial charge in [0.2, 0.25) is 0 Å². The van der Waals surface area contributed by atoms with Crippen molar-refractivity contribution in [1.29, 1.82) is 0 Å². The molecular weight excluding hydrogens is 382 g/mol. The van der Waals surface area contributed by atoms with Crippen LogP contribution in [0.15, 0.2) is 89.1 Å². The van der Waals surface area contributed by atoms with E-state index in [4.69, 9.17) is 10.8 Å². The molecule has 29 heavy (non-hydrogen) atoms. The van der Waals surface area contributed by atoms with Crippen LogP contribution >= 0.6 is 11.8 Å². The first kappa shape index (κ1) is 20.4. The minimum atomic E-state index is -0.830. The summed E-state index contributed by atoms with van der Waals surface area (Å²) in [7, 11) is 0. The lowest BCUT2D eigenvalue weighted by molar-refractivity contribution is -0.136. The van der Waals surface area contributed by atoms with Gasteiger partial charge in [-0.15, -0.1) is 5.10 Å². The van der Waals surface area contributed by atoms with Crippen molar-refractivity contribution in [1.82, 2.24) is 0 Å². The van der Waals surface area contributed by atoms with Gasteiger partial charge in [0.05, 0.1) is 12.6 Å². The van der Waals surface area contributed by atoms with Crippen LogP contribution in [0.2, 0.25) is 0 Å². The van der Waals surface area contributed by atoms with E-state index in [2.05, 4.69) is 10.2 Å². The SMILES string of the molecule is NC(=NN=Cc1ccc(-c2ccc(CC(=O)O)cc2)cc1)SCc1ccccc1. The molecule has 3 aromatic carbocycles. The van der Waals surface area contributed by atoms with E-state index in [-0.39, 0.29) is 6.42 Å². The summed E-state index contributed by atoms with van der Waals surface area (Å²) < 4.78 is 0. The van der Waals surface area contributed by atoms with E-state index in [1.165, 1.54) is 17.3 Å². The van der Waals surface area contributed by atoms with Crippen molar-refractivity contribution >= 4 is 29.1 Å². The predicted molar refractivity (Wildman–Crippen MR) is 120 cm³/mol. The standard InChI is InChI=1S/C23H21N3O2S/c24-23(29-16-19-4-2-1-3-5-19)26-25-15-18-8-12-21(13-9-18)20-10-6-17(7-11-20)14-22(27)28/h1-13,15H,14,16H2,(H2,24,26)(H,27,28). The molecule has 3 rings (SSSR count). The Morgan fingerprint density at radius 2 is 1.52 bits per heavy atom. The minimum Gasteiger partial charge on any atom is -0.481 e. The molecule has 0 radical (unpaired) electrons. The fraction of sp³-hybridized carbons (Fsp3) is 0.0870. The second-order valence-electron chi connectivity index (χ2n) is 6.35. The first-order chi connectivity index (χ1) is 14.1. The second-order valence-corrected chi connectivity index (χ2v) is 7.34. The van der Waals surface area contributed by atoms with Crippen LogP contribution in [0.1, 0.15) is 16.7 Å². The molecule has 0 saturated heterocycles. The number of carboxylic acids is 1. The van der Waals surface area contributed by atoms with Crippen LogP contribution in [0.25, 0.3) is 11.1 Å². The third-order valence-corrected chi connectivity index (χ3v) is 5.00. The van der Waals surface area contributed by atoms with E-state index >= 15 is 0 Å². The lowest BCUT2D eigenvalue weighted by Crippen LogP contribution is -2.05. The van der Waals surface area contributed by atoms with Crippen molar-refractivity contribution in [3.05, 3.63) is 95.6 Å². The number of rotatable bonds is 7. The smallest absolute Gasteiger partial charge is 0.307 e. The van der Waals surface area contributed by atoms with Crippen molar-refractivity contribution in [2.45, 2.75) is 12.2 Å². The third-order valence-electron chi connectivity index (χ3n) is 4.15. The van der Waals surface area contributed by atoms with Gasteiger partial charge < -0.3 is 10.8 Å². The third kappa shape index (κ3) is 6.62. The monoisotopic (exact) mass is 403 g/mol. The summed E-state index contributed by atoms with van der Waals surface area (Å²) in [5.41, 5.74) is 10.9. The number of thioether (sulfide) groups is 1. The summed E-state index contributed by atoms with van der Waals surface area (Å²) in [6.07, 6.45) is 1.69. The van der Waals surface area contributed by atoms with E-state index in [1.54, 1.807) is 6.21 Å². The molecule has 0 aromatic heterocycles. The quantitative estimate of drug-likeness (QED) is 0.344. The molecule has 0 unspecified atom stereocenters. The van der Waals surface area contributed by atoms with Gasteiger partial charge in [0.15, 0.2) is 5.17 Å². The Morgan fingerprint density at radius 1 is 0.897 bits per heavy atom. The van der Waals surface area contributed by atoms with Gasteiger partial charge in [-0.1, -0.05) is 90.6 Å². The van der Waals surface area contributed by atoms with Crippen LogP contribution in [-0.4, -0.2) is 22.5 Å². The van der Waals surface area contributed by atoms with Gasteiger partial charge in [-0.2, -0.15) is 5.10 Å². The van der Waals surface area contributed by atoms with Crippen molar-refractivity contribution in [2.24, 2.45) is 15.9 Å². The summed E-state index contributed by atoms with van der Waals surface area (Å²) in [5.74, 6) is -0.0748. The molecule has 0 bridgehead atoms. The molecule has 146 valence electrons. The highest BCUT2D eigenvalue weighted by molar-refractivity contribution is 8.13. The normalized spacial score (nSPS) is 11.7. The Hall–Kier alpha value is -3.38. The minimum absolute atomic E-state index is 0.0307. The van der Waals surface area contributed by atoms with E-state index in [0.717, 1.165) is 28.0 Å². The van der Waals surface area contributed by atoms with Crippen LogP contribution in [0.5, 0.6) is 0 Å². The largest absolute Gasteiger partial charge is 0.481 e. The zero-order valence-corrected chi connectivity index (χ0v) is 16.5. The molecule has 0 aliphatic heterocycles. The van der Waals surface area contributed by atoms with Crippen molar-refractivity contribution in [3.8, 4) is 11.1 Å². The average molecular weight is 404 g/mol. The van der Waals surface area contributed by atoms with Gasteiger partial charge in [0.1, 0.15) is 0 Å². The fourth-order valence-electron chi connectivity index (χ4n) is 2.66. The van der Waals surface area contributed by atoms with E-state index in [1.807, 2.05) is 78.9 Å². The molecule has 0 fully saturated rings. The summed E-state index contributed by atoms with van der Waals surface area (Å²) in [4.78, 5) is 10.8. The Balaban J connectivity index is 1.56. The topological polar surface area (TPSA) is 88.0 Å². The first-order valence-corrected chi connectivity index (χ1v) is 10.0. The lowest BCUT2D eigenvalue weighted by atomic mass is 10.0. The Kier molecular flexibility index (Phi) is 7.19. The summed E-state index contributed by atoms with van der Waals surface area (Å²) >= 11 is 1.45. The first-order valence-electron chi connectivity index (χ1n) is 9.04. The average Bonchev–Trinajstić information content (AvgIpc) is 2.74. The van der Waals surface area contributed by atoms with E-state index in [0.29, 0.717) is 5.17 Å². The Labute approximate surface area is 174 Å². The summed E-state index contributed by atoms with van der Waals surface area (Å²) in [5, 5.41) is 17.3. The van der Waals surface area contributed by atoms with Crippen LogP contribution < -0.4 is 5.73 Å². The zero-order valence-electron chi connectivity index (χ0n) is 15.7. The lowest BCUT2D eigenvalue weighted by Gasteiger charge is -2.04. The number of aliphatic carboxylic acids is 1. The molecule has 3 N–H and O–H groups in total. The zero-order chi connectivity index (χ0) is 20.5. The van der Waals surface area contributed by atoms with Crippen molar-refractivity contribution in [3.63, 3.8) is 0 Å². The number of carboxylic acid groups (broad SMARTS) is 1. The number of amidine groups is 1. The second kappa shape index (κ2) is 10.2. The van der Waals surface area contributed by atoms with Crippen LogP contribution in [-0.2, 0) is 17.0 Å². The number of carbonyl (C=O) groups is 1. The molecule has 0 heterocycles. The van der Waals surface area contributed by atoms with Gasteiger partial charge in [-0.3, -0.25) is 4.79 Å². The maximum atomic E-state index is 10.8. The van der Waals surface area contributed by atoms with E-state index < -0.39 is 5.97 Å². The van der Waals surface area contributed by atoms with Gasteiger partial charge in [-0.25, -0.2) is 0 Å². The molecule has 0 aliphatic carbocycles. The fourth-order valence-corrected chi connectivity index (χ4v) is 3.28. The van der Waals surface area contributed by atoms with Gasteiger partial charge in [-0.05, 0) is 27.8 Å². The number of hydrogen-bond acceptors (Lipinski definition) is 4. The number of benzene rings is 3. The number of nitrogens with two attached hydrogens (primary N) is 1. The van der Waals surface area contributed by atoms with Crippen LogP contribution in [0, 0.1) is 0 Å². The molecule has 0 aliphatic rings. The maximum Gasteiger partial charge on any atom is 0.307 e. The summed E-state index contributed by atoms with van der Waals surface area (Å²) in [6.45, 7) is 0. The molecule has 0 saturated carbocycles. The molecule has 0 spiro atoms. The van der Waals surface area contributed by atoms with Crippen molar-refractivity contribution in [2.75, 3.05) is 0 Å². The van der Waals surface area contributed by atoms with Gasteiger partial charge >= 0.3 is 5.97 Å².